The summed E-state index contributed by atoms with van der Waals surface area (Å²) in [5.74, 6) is 0.140. The van der Waals surface area contributed by atoms with E-state index in [0.29, 0.717) is 15.7 Å². The largest absolute Gasteiger partial charge is 0.495 e. The molecule has 3 aromatic carbocycles. The molecule has 1 N–H and O–H groups in total. The summed E-state index contributed by atoms with van der Waals surface area (Å²) < 4.78 is 38.1. The highest BCUT2D eigenvalue weighted by Crippen LogP contribution is 2.40. The lowest BCUT2D eigenvalue weighted by Crippen LogP contribution is -2.53. The fraction of sp³-hybridized carbons (Fsp3) is 0.167. The molecule has 0 bridgehead atoms. The SMILES string of the molecule is COc1ccc(C)cc1NC(=O)CN1C(=O)N(c2ccccc2OC)S(=O)(=O)c2ccccc21. The van der Waals surface area contributed by atoms with Crippen molar-refractivity contribution in [2.45, 2.75) is 11.8 Å². The summed E-state index contributed by atoms with van der Waals surface area (Å²) in [4.78, 5) is 27.6. The summed E-state index contributed by atoms with van der Waals surface area (Å²) in [5, 5.41) is 2.75. The van der Waals surface area contributed by atoms with Gasteiger partial charge in [0.25, 0.3) is 10.0 Å². The number of urea groups is 1. The van der Waals surface area contributed by atoms with Crippen molar-refractivity contribution in [1.82, 2.24) is 0 Å². The van der Waals surface area contributed by atoms with Gasteiger partial charge < -0.3 is 14.8 Å². The van der Waals surface area contributed by atoms with Crippen LogP contribution in [0.3, 0.4) is 0 Å². The van der Waals surface area contributed by atoms with E-state index in [1.807, 2.05) is 13.0 Å². The van der Waals surface area contributed by atoms with Crippen LogP contribution in [0.2, 0.25) is 0 Å². The smallest absolute Gasteiger partial charge is 0.343 e. The molecule has 176 valence electrons. The first kappa shape index (κ1) is 23.1. The number of methoxy groups -OCH3 is 2. The van der Waals surface area contributed by atoms with Crippen LogP contribution in [0.5, 0.6) is 11.5 Å². The Morgan fingerprint density at radius 1 is 0.912 bits per heavy atom. The maximum Gasteiger partial charge on any atom is 0.343 e. The van der Waals surface area contributed by atoms with E-state index in [1.54, 1.807) is 42.5 Å². The molecule has 0 fully saturated rings. The second kappa shape index (κ2) is 9.06. The van der Waals surface area contributed by atoms with Crippen molar-refractivity contribution < 1.29 is 27.5 Å². The van der Waals surface area contributed by atoms with Gasteiger partial charge in [-0.3, -0.25) is 9.69 Å². The van der Waals surface area contributed by atoms with Gasteiger partial charge in [-0.1, -0.05) is 30.3 Å². The molecule has 0 saturated carbocycles. The Kier molecular flexibility index (Phi) is 6.16. The minimum Gasteiger partial charge on any atom is -0.495 e. The number of carbonyl (C=O) groups is 2. The molecule has 3 aromatic rings. The second-order valence-corrected chi connectivity index (χ2v) is 9.28. The van der Waals surface area contributed by atoms with E-state index in [0.717, 1.165) is 10.5 Å². The van der Waals surface area contributed by atoms with Crippen molar-refractivity contribution >= 4 is 39.0 Å². The summed E-state index contributed by atoms with van der Waals surface area (Å²) in [5.41, 5.74) is 1.52. The molecule has 0 aromatic heterocycles. The Bertz CT molecular complexity index is 1370. The first-order chi connectivity index (χ1) is 16.3. The molecule has 0 saturated heterocycles. The summed E-state index contributed by atoms with van der Waals surface area (Å²) >= 11 is 0. The number of anilines is 3. The zero-order valence-corrected chi connectivity index (χ0v) is 19.6. The van der Waals surface area contributed by atoms with Gasteiger partial charge in [0.05, 0.1) is 25.6 Å². The number of para-hydroxylation sites is 3. The summed E-state index contributed by atoms with van der Waals surface area (Å²) in [6.07, 6.45) is 0. The lowest BCUT2D eigenvalue weighted by atomic mass is 10.2. The Hall–Kier alpha value is -4.05. The average Bonchev–Trinajstić information content (AvgIpc) is 2.82. The standard InChI is InChI=1S/C24H23N3O6S/c1-16-12-13-20(32-2)17(14-16)25-23(28)15-26-19-9-5-7-11-22(19)34(30,31)27(24(26)29)18-8-4-6-10-21(18)33-3/h4-14H,15H2,1-3H3,(H,25,28). The Balaban J connectivity index is 1.75. The van der Waals surface area contributed by atoms with Crippen molar-refractivity contribution in [3.63, 3.8) is 0 Å². The van der Waals surface area contributed by atoms with Gasteiger partial charge in [-0.05, 0) is 48.9 Å². The van der Waals surface area contributed by atoms with Crippen LogP contribution in [-0.4, -0.2) is 41.1 Å². The molecular formula is C24H23N3O6S. The van der Waals surface area contributed by atoms with Crippen LogP contribution in [0.25, 0.3) is 0 Å². The number of rotatable bonds is 6. The Morgan fingerprint density at radius 2 is 1.56 bits per heavy atom. The Labute approximate surface area is 197 Å². The minimum atomic E-state index is -4.25. The number of hydrogen-bond acceptors (Lipinski definition) is 6. The van der Waals surface area contributed by atoms with Crippen LogP contribution in [0.4, 0.5) is 21.9 Å². The molecule has 9 nitrogen and oxygen atoms in total. The summed E-state index contributed by atoms with van der Waals surface area (Å²) in [6.45, 7) is 1.45. The molecule has 0 unspecified atom stereocenters. The number of benzene rings is 3. The van der Waals surface area contributed by atoms with E-state index in [-0.39, 0.29) is 22.0 Å². The number of amides is 3. The highest BCUT2D eigenvalue weighted by atomic mass is 32.2. The van der Waals surface area contributed by atoms with Gasteiger partial charge in [0.2, 0.25) is 5.91 Å². The quantitative estimate of drug-likeness (QED) is 0.574. The van der Waals surface area contributed by atoms with E-state index < -0.39 is 28.5 Å². The number of ether oxygens (including phenoxy) is 2. The zero-order chi connectivity index (χ0) is 24.5. The molecule has 0 atom stereocenters. The molecule has 3 amide bonds. The number of aryl methyl sites for hydroxylation is 1. The zero-order valence-electron chi connectivity index (χ0n) is 18.8. The average molecular weight is 482 g/mol. The normalized spacial score (nSPS) is 14.4. The molecule has 4 rings (SSSR count). The fourth-order valence-electron chi connectivity index (χ4n) is 3.75. The molecular weight excluding hydrogens is 458 g/mol. The van der Waals surface area contributed by atoms with Crippen LogP contribution >= 0.6 is 0 Å². The van der Waals surface area contributed by atoms with Crippen molar-refractivity contribution in [3.8, 4) is 11.5 Å². The number of sulfonamides is 1. The van der Waals surface area contributed by atoms with Gasteiger partial charge >= 0.3 is 6.03 Å². The predicted octanol–water partition coefficient (Wildman–Crippen LogP) is 3.79. The second-order valence-electron chi connectivity index (χ2n) is 7.53. The molecule has 0 aliphatic carbocycles. The van der Waals surface area contributed by atoms with Crippen LogP contribution in [0.1, 0.15) is 5.56 Å². The first-order valence-electron chi connectivity index (χ1n) is 10.3. The number of carbonyl (C=O) groups excluding carboxylic acids is 2. The first-order valence-corrected chi connectivity index (χ1v) is 11.8. The lowest BCUT2D eigenvalue weighted by Gasteiger charge is -2.36. The monoisotopic (exact) mass is 481 g/mol. The molecule has 1 heterocycles. The molecule has 1 aliphatic heterocycles. The molecule has 34 heavy (non-hydrogen) atoms. The van der Waals surface area contributed by atoms with Gasteiger partial charge in [0, 0.05) is 0 Å². The minimum absolute atomic E-state index is 0.0512. The Morgan fingerprint density at radius 3 is 2.26 bits per heavy atom. The summed E-state index contributed by atoms with van der Waals surface area (Å²) in [6, 6.07) is 16.8. The van der Waals surface area contributed by atoms with Crippen LogP contribution in [0.15, 0.2) is 71.6 Å². The van der Waals surface area contributed by atoms with Crippen molar-refractivity contribution in [2.24, 2.45) is 0 Å². The molecule has 0 radical (unpaired) electrons. The third-order valence-corrected chi connectivity index (χ3v) is 7.05. The number of nitrogens with one attached hydrogen (secondary N) is 1. The van der Waals surface area contributed by atoms with Gasteiger partial charge in [-0.2, -0.15) is 4.31 Å². The molecule has 10 heteroatoms. The summed E-state index contributed by atoms with van der Waals surface area (Å²) in [7, 11) is -1.38. The topological polar surface area (TPSA) is 105 Å². The number of fused-ring (bicyclic) bond motifs is 1. The number of hydrogen-bond donors (Lipinski definition) is 1. The van der Waals surface area contributed by atoms with E-state index in [4.69, 9.17) is 9.47 Å². The van der Waals surface area contributed by atoms with Gasteiger partial charge in [0.15, 0.2) is 0 Å². The van der Waals surface area contributed by atoms with Gasteiger partial charge in [0.1, 0.15) is 28.6 Å². The van der Waals surface area contributed by atoms with Crippen molar-refractivity contribution in [3.05, 3.63) is 72.3 Å². The van der Waals surface area contributed by atoms with E-state index in [2.05, 4.69) is 5.32 Å². The maximum atomic E-state index is 13.6. The van der Waals surface area contributed by atoms with E-state index in [1.165, 1.54) is 32.4 Å². The molecule has 0 spiro atoms. The van der Waals surface area contributed by atoms with E-state index >= 15 is 0 Å². The predicted molar refractivity (Wildman–Crippen MR) is 128 cm³/mol. The fourth-order valence-corrected chi connectivity index (χ4v) is 5.35. The highest BCUT2D eigenvalue weighted by Gasteiger charge is 2.44. The molecule has 1 aliphatic rings. The van der Waals surface area contributed by atoms with Crippen LogP contribution in [-0.2, 0) is 14.8 Å². The third kappa shape index (κ3) is 4.03. The lowest BCUT2D eigenvalue weighted by molar-refractivity contribution is -0.114. The van der Waals surface area contributed by atoms with Gasteiger partial charge in [-0.25, -0.2) is 13.2 Å². The highest BCUT2D eigenvalue weighted by molar-refractivity contribution is 7.94. The van der Waals surface area contributed by atoms with E-state index in [9.17, 15) is 18.0 Å². The van der Waals surface area contributed by atoms with Gasteiger partial charge in [-0.15, -0.1) is 0 Å². The maximum absolute atomic E-state index is 13.6. The number of nitrogens with zero attached hydrogens (tertiary/aromatic N) is 2. The third-order valence-electron chi connectivity index (χ3n) is 5.31. The van der Waals surface area contributed by atoms with Crippen LogP contribution in [0, 0.1) is 6.92 Å². The van der Waals surface area contributed by atoms with Crippen LogP contribution < -0.4 is 24.0 Å². The van der Waals surface area contributed by atoms with Crippen molar-refractivity contribution in [2.75, 3.05) is 35.3 Å². The van der Waals surface area contributed by atoms with Crippen molar-refractivity contribution in [1.29, 1.82) is 0 Å².